The van der Waals surface area contributed by atoms with E-state index in [2.05, 4.69) is 10.0 Å². The van der Waals surface area contributed by atoms with Gasteiger partial charge in [0.05, 0.1) is 12.0 Å². The van der Waals surface area contributed by atoms with Crippen molar-refractivity contribution in [2.45, 2.75) is 4.90 Å². The average molecular weight is 447 g/mol. The molecule has 0 aliphatic rings. The first kappa shape index (κ1) is 21.5. The maximum absolute atomic E-state index is 12.5. The molecular weight excluding hydrogens is 428 g/mol. The molecule has 0 saturated carbocycles. The van der Waals surface area contributed by atoms with Crippen LogP contribution in [0.5, 0.6) is 11.5 Å². The van der Waals surface area contributed by atoms with Crippen molar-refractivity contribution < 1.29 is 22.7 Å². The lowest BCUT2D eigenvalue weighted by Gasteiger charge is -2.10. The molecule has 0 radical (unpaired) electrons. The molecule has 0 saturated heterocycles. The minimum Gasteiger partial charge on any atom is -0.497 e. The van der Waals surface area contributed by atoms with Crippen LogP contribution in [-0.2, 0) is 14.8 Å². The summed E-state index contributed by atoms with van der Waals surface area (Å²) in [5, 5.41) is 3.22. The van der Waals surface area contributed by atoms with Crippen LogP contribution in [0.15, 0.2) is 77.7 Å². The molecule has 0 aromatic heterocycles. The molecule has 0 atom stereocenters. The van der Waals surface area contributed by atoms with Crippen LogP contribution < -0.4 is 19.5 Å². The summed E-state index contributed by atoms with van der Waals surface area (Å²) in [7, 11) is -2.24. The number of amides is 1. The summed E-state index contributed by atoms with van der Waals surface area (Å²) in [6.07, 6.45) is 0. The summed E-state index contributed by atoms with van der Waals surface area (Å²) in [6, 6.07) is 19.0. The smallest absolute Gasteiger partial charge is 0.262 e. The number of anilines is 2. The number of ether oxygens (including phenoxy) is 2. The van der Waals surface area contributed by atoms with E-state index < -0.39 is 10.0 Å². The van der Waals surface area contributed by atoms with Crippen LogP contribution in [0.4, 0.5) is 11.4 Å². The Morgan fingerprint density at radius 3 is 2.03 bits per heavy atom. The van der Waals surface area contributed by atoms with Gasteiger partial charge in [0.2, 0.25) is 0 Å². The molecule has 30 heavy (non-hydrogen) atoms. The van der Waals surface area contributed by atoms with Gasteiger partial charge >= 0.3 is 0 Å². The molecule has 0 aliphatic carbocycles. The molecule has 3 aromatic carbocycles. The Balaban J connectivity index is 1.57. The third-order valence-corrected chi connectivity index (χ3v) is 5.62. The van der Waals surface area contributed by atoms with Gasteiger partial charge in [-0.25, -0.2) is 8.42 Å². The summed E-state index contributed by atoms with van der Waals surface area (Å²) in [5.41, 5.74) is 0.857. The first-order valence-corrected chi connectivity index (χ1v) is 10.7. The molecule has 3 rings (SSSR count). The SMILES string of the molecule is COc1ccc(NS(=O)(=O)c2ccc(NC(=O)COc3ccc(Cl)cc3)cc2)cc1. The van der Waals surface area contributed by atoms with Crippen LogP contribution in [0, 0.1) is 0 Å². The zero-order chi connectivity index (χ0) is 21.6. The molecule has 9 heteroatoms. The molecule has 0 unspecified atom stereocenters. The molecule has 0 spiro atoms. The second kappa shape index (κ2) is 9.51. The van der Waals surface area contributed by atoms with E-state index in [0.717, 1.165) is 0 Å². The standard InChI is InChI=1S/C21H19ClN2O5S/c1-28-18-10-4-17(5-11-18)24-30(26,27)20-12-6-16(7-13-20)23-21(25)14-29-19-8-2-15(22)3-9-19/h2-13,24H,14H2,1H3,(H,23,25). The lowest BCUT2D eigenvalue weighted by Crippen LogP contribution is -2.20. The number of rotatable bonds is 8. The van der Waals surface area contributed by atoms with E-state index in [1.807, 2.05) is 0 Å². The van der Waals surface area contributed by atoms with Gasteiger partial charge in [0.1, 0.15) is 11.5 Å². The van der Waals surface area contributed by atoms with Crippen molar-refractivity contribution in [3.63, 3.8) is 0 Å². The van der Waals surface area contributed by atoms with Crippen molar-refractivity contribution in [3.05, 3.63) is 77.8 Å². The molecule has 156 valence electrons. The van der Waals surface area contributed by atoms with Crippen molar-refractivity contribution >= 4 is 38.9 Å². The highest BCUT2D eigenvalue weighted by Crippen LogP contribution is 2.21. The lowest BCUT2D eigenvalue weighted by molar-refractivity contribution is -0.118. The van der Waals surface area contributed by atoms with Crippen LogP contribution in [0.25, 0.3) is 0 Å². The second-order valence-electron chi connectivity index (χ2n) is 6.15. The summed E-state index contributed by atoms with van der Waals surface area (Å²) >= 11 is 5.80. The number of methoxy groups -OCH3 is 1. The fourth-order valence-electron chi connectivity index (χ4n) is 2.47. The number of carbonyl (C=O) groups excluding carboxylic acids is 1. The topological polar surface area (TPSA) is 93.7 Å². The Labute approximate surface area is 179 Å². The molecule has 0 aliphatic heterocycles. The van der Waals surface area contributed by atoms with E-state index in [9.17, 15) is 13.2 Å². The maximum atomic E-state index is 12.5. The minimum absolute atomic E-state index is 0.0636. The maximum Gasteiger partial charge on any atom is 0.262 e. The van der Waals surface area contributed by atoms with Gasteiger partial charge in [0.25, 0.3) is 15.9 Å². The van der Waals surface area contributed by atoms with Crippen LogP contribution in [0.3, 0.4) is 0 Å². The first-order valence-electron chi connectivity index (χ1n) is 8.81. The molecule has 3 aromatic rings. The van der Waals surface area contributed by atoms with Gasteiger partial charge < -0.3 is 14.8 Å². The third-order valence-electron chi connectivity index (χ3n) is 3.97. The Morgan fingerprint density at radius 2 is 1.43 bits per heavy atom. The first-order chi connectivity index (χ1) is 14.4. The lowest BCUT2D eigenvalue weighted by atomic mass is 10.3. The number of hydrogen-bond acceptors (Lipinski definition) is 5. The molecule has 1 amide bonds. The molecule has 7 nitrogen and oxygen atoms in total. The summed E-state index contributed by atoms with van der Waals surface area (Å²) in [4.78, 5) is 12.1. The zero-order valence-corrected chi connectivity index (χ0v) is 17.5. The van der Waals surface area contributed by atoms with Gasteiger partial charge in [0.15, 0.2) is 6.61 Å². The van der Waals surface area contributed by atoms with Crippen molar-refractivity contribution in [1.29, 1.82) is 0 Å². The van der Waals surface area contributed by atoms with E-state index >= 15 is 0 Å². The number of nitrogens with one attached hydrogen (secondary N) is 2. The predicted molar refractivity (Wildman–Crippen MR) is 116 cm³/mol. The van der Waals surface area contributed by atoms with Gasteiger partial charge in [-0.3, -0.25) is 9.52 Å². The number of sulfonamides is 1. The number of benzene rings is 3. The quantitative estimate of drug-likeness (QED) is 0.541. The molecular formula is C21H19ClN2O5S. The van der Waals surface area contributed by atoms with E-state index in [0.29, 0.717) is 27.9 Å². The van der Waals surface area contributed by atoms with Gasteiger partial charge in [-0.1, -0.05) is 11.6 Å². The fourth-order valence-corrected chi connectivity index (χ4v) is 3.65. The van der Waals surface area contributed by atoms with Crippen LogP contribution in [0.2, 0.25) is 5.02 Å². The summed E-state index contributed by atoms with van der Waals surface area (Å²) in [6.45, 7) is -0.194. The van der Waals surface area contributed by atoms with E-state index in [1.54, 1.807) is 48.5 Å². The van der Waals surface area contributed by atoms with Crippen molar-refractivity contribution in [2.75, 3.05) is 23.8 Å². The van der Waals surface area contributed by atoms with Crippen LogP contribution in [-0.4, -0.2) is 28.0 Å². The van der Waals surface area contributed by atoms with Crippen LogP contribution >= 0.6 is 11.6 Å². The summed E-state index contributed by atoms with van der Waals surface area (Å²) in [5.74, 6) is 0.760. The predicted octanol–water partition coefficient (Wildman–Crippen LogP) is 4.17. The van der Waals surface area contributed by atoms with Crippen molar-refractivity contribution in [1.82, 2.24) is 0 Å². The highest BCUT2D eigenvalue weighted by molar-refractivity contribution is 7.92. The number of halogens is 1. The Morgan fingerprint density at radius 1 is 0.867 bits per heavy atom. The van der Waals surface area contributed by atoms with Crippen molar-refractivity contribution in [2.24, 2.45) is 0 Å². The second-order valence-corrected chi connectivity index (χ2v) is 8.27. The van der Waals surface area contributed by atoms with Crippen LogP contribution in [0.1, 0.15) is 0 Å². The van der Waals surface area contributed by atoms with E-state index in [-0.39, 0.29) is 17.4 Å². The highest BCUT2D eigenvalue weighted by Gasteiger charge is 2.14. The normalized spacial score (nSPS) is 10.9. The Kier molecular flexibility index (Phi) is 6.81. The zero-order valence-electron chi connectivity index (χ0n) is 16.0. The van der Waals surface area contributed by atoms with Gasteiger partial charge in [0, 0.05) is 16.4 Å². The van der Waals surface area contributed by atoms with E-state index in [4.69, 9.17) is 21.1 Å². The number of hydrogen-bond donors (Lipinski definition) is 2. The van der Waals surface area contributed by atoms with Crippen molar-refractivity contribution in [3.8, 4) is 11.5 Å². The highest BCUT2D eigenvalue weighted by atomic mass is 35.5. The molecule has 2 N–H and O–H groups in total. The Bertz CT molecular complexity index is 1100. The fraction of sp³-hybridized carbons (Fsp3) is 0.0952. The number of carbonyl (C=O) groups is 1. The third kappa shape index (κ3) is 5.88. The molecule has 0 heterocycles. The average Bonchev–Trinajstić information content (AvgIpc) is 2.74. The molecule has 0 fully saturated rings. The monoisotopic (exact) mass is 446 g/mol. The van der Waals surface area contributed by atoms with Gasteiger partial charge in [-0.2, -0.15) is 0 Å². The molecule has 0 bridgehead atoms. The largest absolute Gasteiger partial charge is 0.497 e. The van der Waals surface area contributed by atoms with Gasteiger partial charge in [-0.15, -0.1) is 0 Å². The Hall–Kier alpha value is -3.23. The van der Waals surface area contributed by atoms with Gasteiger partial charge in [-0.05, 0) is 72.8 Å². The van der Waals surface area contributed by atoms with E-state index in [1.165, 1.54) is 31.4 Å². The summed E-state index contributed by atoms with van der Waals surface area (Å²) < 4.78 is 37.9. The minimum atomic E-state index is -3.77.